The van der Waals surface area contributed by atoms with Crippen molar-refractivity contribution in [2.24, 2.45) is 0 Å². The predicted octanol–water partition coefficient (Wildman–Crippen LogP) is 4.50. The van der Waals surface area contributed by atoms with Gasteiger partial charge in [0.15, 0.2) is 0 Å². The summed E-state index contributed by atoms with van der Waals surface area (Å²) in [5, 5.41) is 12.8. The molecule has 0 N–H and O–H groups in total. The van der Waals surface area contributed by atoms with Gasteiger partial charge >= 0.3 is 0 Å². The quantitative estimate of drug-likeness (QED) is 0.664. The van der Waals surface area contributed by atoms with Crippen molar-refractivity contribution < 1.29 is 4.74 Å². The highest BCUT2D eigenvalue weighted by molar-refractivity contribution is 7.21. The van der Waals surface area contributed by atoms with Crippen molar-refractivity contribution in [2.75, 3.05) is 6.61 Å². The summed E-state index contributed by atoms with van der Waals surface area (Å²) in [7, 11) is 0. The van der Waals surface area contributed by atoms with Gasteiger partial charge in [-0.15, -0.1) is 22.7 Å². The summed E-state index contributed by atoms with van der Waals surface area (Å²) in [4.78, 5) is 4.59. The monoisotopic (exact) mass is 288 g/mol. The van der Waals surface area contributed by atoms with Gasteiger partial charge in [-0.2, -0.15) is 5.26 Å². The normalized spacial score (nSPS) is 10.9. The maximum atomic E-state index is 8.54. The molecule has 5 heteroatoms. The number of fused-ring (bicyclic) bond motifs is 3. The second-order valence-corrected chi connectivity index (χ2v) is 6.38. The fourth-order valence-corrected chi connectivity index (χ4v) is 3.87. The van der Waals surface area contributed by atoms with Crippen LogP contribution in [-0.2, 0) is 0 Å². The van der Waals surface area contributed by atoms with Gasteiger partial charge in [-0.3, -0.25) is 0 Å². The first-order valence-corrected chi connectivity index (χ1v) is 7.76. The van der Waals surface area contributed by atoms with E-state index in [2.05, 4.69) is 28.6 Å². The third-order valence-electron chi connectivity index (χ3n) is 2.86. The van der Waals surface area contributed by atoms with E-state index in [1.54, 1.807) is 22.7 Å². The van der Waals surface area contributed by atoms with Gasteiger partial charge in [-0.25, -0.2) is 4.98 Å². The van der Waals surface area contributed by atoms with Gasteiger partial charge in [-0.1, -0.05) is 0 Å². The molecule has 0 bridgehead atoms. The molecule has 3 aromatic rings. The Balaban J connectivity index is 2.01. The van der Waals surface area contributed by atoms with Crippen LogP contribution in [0.25, 0.3) is 20.3 Å². The van der Waals surface area contributed by atoms with Crippen LogP contribution >= 0.6 is 22.7 Å². The summed E-state index contributed by atoms with van der Waals surface area (Å²) in [5.41, 5.74) is 1.08. The molecule has 0 aliphatic rings. The molecule has 0 amide bonds. The molecule has 2 heterocycles. The zero-order chi connectivity index (χ0) is 13.2. The first-order chi connectivity index (χ1) is 9.29. The molecule has 0 atom stereocenters. The second-order valence-electron chi connectivity index (χ2n) is 4.23. The maximum Gasteiger partial charge on any atom is 0.129 e. The van der Waals surface area contributed by atoms with Crippen molar-refractivity contribution in [3.63, 3.8) is 0 Å². The topological polar surface area (TPSA) is 45.9 Å². The molecular formula is C14H12N2OS2. The zero-order valence-electron chi connectivity index (χ0n) is 10.5. The van der Waals surface area contributed by atoms with Crippen molar-refractivity contribution in [3.05, 3.63) is 22.5 Å². The lowest BCUT2D eigenvalue weighted by molar-refractivity contribution is 0.317. The first-order valence-electron chi connectivity index (χ1n) is 6.06. The van der Waals surface area contributed by atoms with E-state index in [0.717, 1.165) is 28.1 Å². The molecule has 3 nitrogen and oxygen atoms in total. The van der Waals surface area contributed by atoms with Crippen molar-refractivity contribution >= 4 is 43.0 Å². The number of thiazole rings is 1. The van der Waals surface area contributed by atoms with Crippen LogP contribution in [0.3, 0.4) is 0 Å². The Morgan fingerprint density at radius 2 is 2.37 bits per heavy atom. The molecule has 0 saturated heterocycles. The number of hydrogen-bond acceptors (Lipinski definition) is 5. The molecule has 1 aromatic carbocycles. The third kappa shape index (κ3) is 2.29. The summed E-state index contributed by atoms with van der Waals surface area (Å²) in [6.45, 7) is 2.61. The van der Waals surface area contributed by atoms with Crippen LogP contribution in [0, 0.1) is 18.3 Å². The molecule has 0 fully saturated rings. The van der Waals surface area contributed by atoms with Crippen molar-refractivity contribution in [1.29, 1.82) is 5.26 Å². The molecule has 2 aromatic heterocycles. The van der Waals surface area contributed by atoms with Crippen LogP contribution in [0.15, 0.2) is 17.5 Å². The number of aromatic nitrogens is 1. The minimum atomic E-state index is 0.536. The van der Waals surface area contributed by atoms with Gasteiger partial charge in [0, 0.05) is 17.9 Å². The zero-order valence-corrected chi connectivity index (χ0v) is 12.1. The number of rotatable bonds is 4. The van der Waals surface area contributed by atoms with E-state index in [4.69, 9.17) is 10.00 Å². The smallest absolute Gasteiger partial charge is 0.129 e. The molecule has 0 saturated carbocycles. The van der Waals surface area contributed by atoms with E-state index in [1.165, 1.54) is 9.40 Å². The summed E-state index contributed by atoms with van der Waals surface area (Å²) in [6, 6.07) is 6.28. The number of nitriles is 1. The number of unbranched alkanes of at least 4 members (excludes halogenated alkanes) is 1. The van der Waals surface area contributed by atoms with E-state index >= 15 is 0 Å². The van der Waals surface area contributed by atoms with E-state index in [1.807, 2.05) is 6.92 Å². The summed E-state index contributed by atoms with van der Waals surface area (Å²) in [5.74, 6) is 0.908. The number of ether oxygens (including phenoxy) is 1. The standard InChI is InChI=1S/C14H12N2OS2/c1-9-16-13-12(19-9)8-11(17-6-3-2-5-15)10-4-7-18-14(10)13/h4,7-8H,2-3,6H2,1H3. The molecule has 0 aliphatic heterocycles. The fraction of sp³-hybridized carbons (Fsp3) is 0.286. The van der Waals surface area contributed by atoms with Crippen LogP contribution in [0.5, 0.6) is 5.75 Å². The average molecular weight is 288 g/mol. The Kier molecular flexibility index (Phi) is 3.36. The summed E-state index contributed by atoms with van der Waals surface area (Å²) >= 11 is 3.39. The minimum absolute atomic E-state index is 0.536. The highest BCUT2D eigenvalue weighted by atomic mass is 32.1. The summed E-state index contributed by atoms with van der Waals surface area (Å²) in [6.07, 6.45) is 1.30. The minimum Gasteiger partial charge on any atom is -0.493 e. The van der Waals surface area contributed by atoms with Crippen LogP contribution in [0.2, 0.25) is 0 Å². The number of thiophene rings is 1. The highest BCUT2D eigenvalue weighted by Crippen LogP contribution is 2.38. The molecule has 0 radical (unpaired) electrons. The largest absolute Gasteiger partial charge is 0.493 e. The molecule has 0 unspecified atom stereocenters. The van der Waals surface area contributed by atoms with Crippen LogP contribution in [0.4, 0.5) is 0 Å². The van der Waals surface area contributed by atoms with E-state index in [9.17, 15) is 0 Å². The van der Waals surface area contributed by atoms with Crippen LogP contribution < -0.4 is 4.74 Å². The van der Waals surface area contributed by atoms with Crippen LogP contribution in [-0.4, -0.2) is 11.6 Å². The maximum absolute atomic E-state index is 8.54. The van der Waals surface area contributed by atoms with Crippen LogP contribution in [0.1, 0.15) is 17.8 Å². The average Bonchev–Trinajstić information content (AvgIpc) is 2.99. The highest BCUT2D eigenvalue weighted by Gasteiger charge is 2.12. The fourth-order valence-electron chi connectivity index (χ4n) is 2.04. The number of aryl methyl sites for hydroxylation is 1. The molecule has 96 valence electrons. The Labute approximate surface area is 119 Å². The lowest BCUT2D eigenvalue weighted by Gasteiger charge is -2.06. The van der Waals surface area contributed by atoms with E-state index in [0.29, 0.717) is 13.0 Å². The molecule has 3 rings (SSSR count). The number of hydrogen-bond donors (Lipinski definition) is 0. The molecule has 19 heavy (non-hydrogen) atoms. The van der Waals surface area contributed by atoms with Crippen molar-refractivity contribution in [1.82, 2.24) is 4.98 Å². The SMILES string of the molecule is Cc1nc2c(cc(OCCCC#N)c3ccsc32)s1. The number of nitrogens with zero attached hydrogens (tertiary/aromatic N) is 2. The predicted molar refractivity (Wildman–Crippen MR) is 80.1 cm³/mol. The van der Waals surface area contributed by atoms with E-state index in [-0.39, 0.29) is 0 Å². The van der Waals surface area contributed by atoms with E-state index < -0.39 is 0 Å². The molecule has 0 aliphatic carbocycles. The molecule has 0 spiro atoms. The van der Waals surface area contributed by atoms with Crippen molar-refractivity contribution in [2.45, 2.75) is 19.8 Å². The van der Waals surface area contributed by atoms with Gasteiger partial charge in [0.05, 0.1) is 32.6 Å². The molecular weight excluding hydrogens is 276 g/mol. The van der Waals surface area contributed by atoms with Crippen molar-refractivity contribution in [3.8, 4) is 11.8 Å². The van der Waals surface area contributed by atoms with Gasteiger partial charge < -0.3 is 4.74 Å². The van der Waals surface area contributed by atoms with Gasteiger partial charge in [-0.05, 0) is 24.8 Å². The van der Waals surface area contributed by atoms with Gasteiger partial charge in [0.1, 0.15) is 5.75 Å². The van der Waals surface area contributed by atoms with Gasteiger partial charge in [0.2, 0.25) is 0 Å². The first kappa shape index (κ1) is 12.4. The second kappa shape index (κ2) is 5.16. The summed E-state index contributed by atoms with van der Waals surface area (Å²) < 4.78 is 8.19. The Morgan fingerprint density at radius 3 is 3.21 bits per heavy atom. The Bertz CT molecular complexity index is 767. The third-order valence-corrected chi connectivity index (χ3v) is 4.70. The van der Waals surface area contributed by atoms with Gasteiger partial charge in [0.25, 0.3) is 0 Å². The lowest BCUT2D eigenvalue weighted by atomic mass is 10.2. The Hall–Kier alpha value is -1.64. The Morgan fingerprint density at radius 1 is 1.47 bits per heavy atom. The number of benzene rings is 1. The lowest BCUT2D eigenvalue weighted by Crippen LogP contribution is -1.96.